The van der Waals surface area contributed by atoms with Crippen LogP contribution in [0.25, 0.3) is 0 Å². The lowest BCUT2D eigenvalue weighted by atomic mass is 9.87. The van der Waals surface area contributed by atoms with Gasteiger partial charge in [0.05, 0.1) is 6.54 Å². The van der Waals surface area contributed by atoms with Crippen LogP contribution in [0.2, 0.25) is 0 Å². The van der Waals surface area contributed by atoms with E-state index in [0.29, 0.717) is 12.5 Å². The molecule has 0 bridgehead atoms. The summed E-state index contributed by atoms with van der Waals surface area (Å²) in [4.78, 5) is 16.9. The van der Waals surface area contributed by atoms with Crippen LogP contribution in [0, 0.1) is 17.4 Å². The first-order chi connectivity index (χ1) is 7.36. The molecule has 1 saturated carbocycles. The Kier molecular flexibility index (Phi) is 5.13. The second-order valence-corrected chi connectivity index (χ2v) is 3.56. The van der Waals surface area contributed by atoms with Crippen LogP contribution in [0.3, 0.4) is 0 Å². The Bertz CT molecular complexity index is 302. The molecule has 0 spiro atoms. The van der Waals surface area contributed by atoms with Crippen molar-refractivity contribution < 1.29 is 9.53 Å². The van der Waals surface area contributed by atoms with Crippen molar-refractivity contribution in [1.82, 2.24) is 0 Å². The molecule has 80 valence electrons. The normalized spacial score (nSPS) is 25.5. The third-order valence-corrected chi connectivity index (χ3v) is 2.51. The second kappa shape index (κ2) is 6.74. The number of rotatable bonds is 4. The Morgan fingerprint density at radius 1 is 1.53 bits per heavy atom. The summed E-state index contributed by atoms with van der Waals surface area (Å²) < 4.78 is 5.28. The van der Waals surface area contributed by atoms with Gasteiger partial charge in [-0.1, -0.05) is 0 Å². The molecule has 1 aliphatic carbocycles. The largest absolute Gasteiger partial charge is 0.479 e. The van der Waals surface area contributed by atoms with Gasteiger partial charge in [-0.2, -0.15) is 5.26 Å². The van der Waals surface area contributed by atoms with Gasteiger partial charge in [0, 0.05) is 0 Å². The highest BCUT2D eigenvalue weighted by Crippen LogP contribution is 2.26. The van der Waals surface area contributed by atoms with Crippen molar-refractivity contribution in [3.8, 4) is 6.19 Å². The maximum absolute atomic E-state index is 9.96. The van der Waals surface area contributed by atoms with E-state index >= 15 is 0 Å². The molecule has 5 heteroatoms. The summed E-state index contributed by atoms with van der Waals surface area (Å²) in [6.07, 6.45) is 8.43. The van der Waals surface area contributed by atoms with Gasteiger partial charge in [-0.15, -0.1) is 4.99 Å². The molecule has 0 amide bonds. The van der Waals surface area contributed by atoms with Gasteiger partial charge in [-0.3, -0.25) is 0 Å². The molecule has 1 fully saturated rings. The number of carbonyl (C=O) groups excluding carboxylic acids is 1. The first-order valence-electron chi connectivity index (χ1n) is 4.96. The monoisotopic (exact) mass is 207 g/mol. The van der Waals surface area contributed by atoms with E-state index in [2.05, 4.69) is 9.98 Å². The van der Waals surface area contributed by atoms with Crippen molar-refractivity contribution in [3.05, 3.63) is 0 Å². The summed E-state index contributed by atoms with van der Waals surface area (Å²) in [7, 11) is 0. The molecule has 5 nitrogen and oxygen atoms in total. The lowest BCUT2D eigenvalue weighted by molar-refractivity contribution is 0.123. The Morgan fingerprint density at radius 3 is 3.13 bits per heavy atom. The van der Waals surface area contributed by atoms with Crippen LogP contribution in [-0.2, 0) is 9.53 Å². The van der Waals surface area contributed by atoms with E-state index in [9.17, 15) is 4.79 Å². The topological polar surface area (TPSA) is 74.8 Å². The zero-order chi connectivity index (χ0) is 10.9. The lowest BCUT2D eigenvalue weighted by Gasteiger charge is -2.26. The Balaban J connectivity index is 2.32. The van der Waals surface area contributed by atoms with Gasteiger partial charge in [0.1, 0.15) is 6.10 Å². The van der Waals surface area contributed by atoms with Crippen LogP contribution >= 0.6 is 0 Å². The fraction of sp³-hybridized carbons (Fsp3) is 0.700. The summed E-state index contributed by atoms with van der Waals surface area (Å²) in [5.74, 6) is 0.390. The maximum atomic E-state index is 9.96. The van der Waals surface area contributed by atoms with Gasteiger partial charge in [0.25, 0.3) is 0 Å². The third-order valence-electron chi connectivity index (χ3n) is 2.51. The highest BCUT2D eigenvalue weighted by molar-refractivity contribution is 5.48. The zero-order valence-corrected chi connectivity index (χ0v) is 8.43. The Hall–Kier alpha value is -1.66. The van der Waals surface area contributed by atoms with Gasteiger partial charge in [-0.05, 0) is 31.6 Å². The van der Waals surface area contributed by atoms with Crippen LogP contribution in [0.1, 0.15) is 25.7 Å². The number of isocyanates is 1. The highest BCUT2D eigenvalue weighted by atomic mass is 16.5. The average molecular weight is 207 g/mol. The highest BCUT2D eigenvalue weighted by Gasteiger charge is 2.22. The molecule has 0 unspecified atom stereocenters. The number of nitriles is 1. The van der Waals surface area contributed by atoms with E-state index in [1.807, 2.05) is 0 Å². The van der Waals surface area contributed by atoms with E-state index < -0.39 is 0 Å². The second-order valence-electron chi connectivity index (χ2n) is 3.56. The van der Waals surface area contributed by atoms with Gasteiger partial charge in [0.15, 0.2) is 6.40 Å². The van der Waals surface area contributed by atoms with Crippen molar-refractivity contribution in [2.75, 3.05) is 6.54 Å². The Morgan fingerprint density at radius 2 is 2.40 bits per heavy atom. The smallest absolute Gasteiger partial charge is 0.234 e. The summed E-state index contributed by atoms with van der Waals surface area (Å²) >= 11 is 0. The summed E-state index contributed by atoms with van der Waals surface area (Å²) in [6.45, 7) is 0.527. The molecular formula is C10H13N3O2. The van der Waals surface area contributed by atoms with Crippen molar-refractivity contribution in [2.24, 2.45) is 15.9 Å². The van der Waals surface area contributed by atoms with Crippen molar-refractivity contribution >= 4 is 12.5 Å². The van der Waals surface area contributed by atoms with Crippen LogP contribution < -0.4 is 0 Å². The summed E-state index contributed by atoms with van der Waals surface area (Å²) in [6, 6.07) is 0. The fourth-order valence-corrected chi connectivity index (χ4v) is 1.84. The number of hydrogen-bond donors (Lipinski definition) is 0. The molecule has 0 aromatic carbocycles. The molecule has 1 rings (SSSR count). The molecule has 15 heavy (non-hydrogen) atoms. The van der Waals surface area contributed by atoms with Gasteiger partial charge < -0.3 is 4.74 Å². The van der Waals surface area contributed by atoms with E-state index in [-0.39, 0.29) is 6.10 Å². The van der Waals surface area contributed by atoms with Gasteiger partial charge >= 0.3 is 0 Å². The van der Waals surface area contributed by atoms with E-state index in [1.165, 1.54) is 6.40 Å². The third kappa shape index (κ3) is 4.39. The molecule has 0 radical (unpaired) electrons. The first-order valence-corrected chi connectivity index (χ1v) is 4.96. The zero-order valence-electron chi connectivity index (χ0n) is 8.43. The Labute approximate surface area is 88.5 Å². The minimum absolute atomic E-state index is 0.0997. The standard InChI is InChI=1S/C10H13N3O2/c11-6-13-8-15-10-3-1-2-9(4-10)5-12-7-14/h8-10H,1-5H2/b13-8+/t9-,10+/m1/s1. The summed E-state index contributed by atoms with van der Waals surface area (Å²) in [5.41, 5.74) is 0. The lowest BCUT2D eigenvalue weighted by Crippen LogP contribution is -2.24. The molecule has 0 aliphatic heterocycles. The SMILES string of the molecule is N#C/N=C/O[C@H]1CCC[C@@H](CN=C=O)C1. The molecule has 0 N–H and O–H groups in total. The average Bonchev–Trinajstić information content (AvgIpc) is 2.27. The van der Waals surface area contributed by atoms with Gasteiger partial charge in [-0.25, -0.2) is 9.79 Å². The predicted molar refractivity (Wildman–Crippen MR) is 53.9 cm³/mol. The first kappa shape index (κ1) is 11.4. The van der Waals surface area contributed by atoms with E-state index in [1.54, 1.807) is 12.3 Å². The van der Waals surface area contributed by atoms with E-state index in [4.69, 9.17) is 10.00 Å². The number of nitrogens with zero attached hydrogens (tertiary/aromatic N) is 3. The van der Waals surface area contributed by atoms with Crippen LogP contribution in [0.15, 0.2) is 9.98 Å². The van der Waals surface area contributed by atoms with Crippen LogP contribution in [0.5, 0.6) is 0 Å². The fourth-order valence-electron chi connectivity index (χ4n) is 1.84. The van der Waals surface area contributed by atoms with Gasteiger partial charge in [0.2, 0.25) is 12.3 Å². The maximum Gasteiger partial charge on any atom is 0.234 e. The molecule has 1 aliphatic rings. The quantitative estimate of drug-likeness (QED) is 0.302. The molecular weight excluding hydrogens is 194 g/mol. The number of aliphatic imine (C=N–C) groups is 2. The van der Waals surface area contributed by atoms with Crippen molar-refractivity contribution in [1.29, 1.82) is 5.26 Å². The number of hydrogen-bond acceptors (Lipinski definition) is 5. The van der Waals surface area contributed by atoms with Crippen LogP contribution in [-0.4, -0.2) is 25.1 Å². The van der Waals surface area contributed by atoms with Crippen molar-refractivity contribution in [3.63, 3.8) is 0 Å². The van der Waals surface area contributed by atoms with Crippen LogP contribution in [0.4, 0.5) is 0 Å². The molecule has 0 aromatic rings. The molecule has 2 atom stereocenters. The molecule has 0 saturated heterocycles. The minimum atomic E-state index is 0.0997. The van der Waals surface area contributed by atoms with E-state index in [0.717, 1.165) is 25.7 Å². The molecule has 0 heterocycles. The minimum Gasteiger partial charge on any atom is -0.479 e. The number of ether oxygens (including phenoxy) is 1. The van der Waals surface area contributed by atoms with Crippen molar-refractivity contribution in [2.45, 2.75) is 31.8 Å². The summed E-state index contributed by atoms with van der Waals surface area (Å²) in [5, 5.41) is 8.18. The predicted octanol–water partition coefficient (Wildman–Crippen LogP) is 1.41. The molecule has 0 aromatic heterocycles.